The predicted molar refractivity (Wildman–Crippen MR) is 62.2 cm³/mol. The number of rotatable bonds is 3. The maximum Gasteiger partial charge on any atom is 0.376 e. The third kappa shape index (κ3) is 2.41. The summed E-state index contributed by atoms with van der Waals surface area (Å²) in [5.41, 5.74) is 0.420. The second kappa shape index (κ2) is 4.84. The van der Waals surface area contributed by atoms with Crippen molar-refractivity contribution in [3.63, 3.8) is 0 Å². The quantitative estimate of drug-likeness (QED) is 0.800. The van der Waals surface area contributed by atoms with E-state index in [1.54, 1.807) is 6.92 Å². The number of nitrogens with zero attached hydrogens (tertiary/aromatic N) is 4. The zero-order valence-corrected chi connectivity index (χ0v) is 10.2. The lowest BCUT2D eigenvalue weighted by Gasteiger charge is -2.01. The molecule has 98 valence electrons. The molecule has 0 saturated heterocycles. The van der Waals surface area contributed by atoms with Gasteiger partial charge in [0.05, 0.1) is 12.8 Å². The Kier molecular flexibility index (Phi) is 3.23. The number of methoxy groups -OCH3 is 1. The second-order valence-corrected chi connectivity index (χ2v) is 3.61. The SMILES string of the molecule is COC(=O)c1nccc(-n2cc(C(=O)O)c(C)n2)n1. The highest BCUT2D eigenvalue weighted by atomic mass is 16.5. The number of aromatic carboxylic acids is 1. The summed E-state index contributed by atoms with van der Waals surface area (Å²) in [6.07, 6.45) is 2.69. The molecule has 19 heavy (non-hydrogen) atoms. The molecule has 2 heterocycles. The number of carbonyl (C=O) groups is 2. The standard InChI is InChI=1S/C11H10N4O4/c1-6-7(10(16)17)5-15(14-6)8-3-4-12-9(13-8)11(18)19-2/h3-5H,1-2H3,(H,16,17). The average molecular weight is 262 g/mol. The summed E-state index contributed by atoms with van der Waals surface area (Å²) in [6, 6.07) is 1.50. The molecule has 0 atom stereocenters. The molecular formula is C11H10N4O4. The average Bonchev–Trinajstić information content (AvgIpc) is 2.80. The van der Waals surface area contributed by atoms with E-state index in [0.717, 1.165) is 0 Å². The fourth-order valence-electron chi connectivity index (χ4n) is 1.45. The van der Waals surface area contributed by atoms with Gasteiger partial charge in [0.1, 0.15) is 5.56 Å². The molecule has 0 bridgehead atoms. The van der Waals surface area contributed by atoms with E-state index in [2.05, 4.69) is 19.8 Å². The van der Waals surface area contributed by atoms with Gasteiger partial charge in [0, 0.05) is 18.5 Å². The van der Waals surface area contributed by atoms with Gasteiger partial charge >= 0.3 is 11.9 Å². The van der Waals surface area contributed by atoms with Crippen LogP contribution in [-0.4, -0.2) is 43.9 Å². The summed E-state index contributed by atoms with van der Waals surface area (Å²) in [6.45, 7) is 1.57. The highest BCUT2D eigenvalue weighted by Crippen LogP contribution is 2.10. The fraction of sp³-hybridized carbons (Fsp3) is 0.182. The van der Waals surface area contributed by atoms with Gasteiger partial charge in [0.25, 0.3) is 0 Å². The van der Waals surface area contributed by atoms with Crippen molar-refractivity contribution in [3.05, 3.63) is 35.5 Å². The van der Waals surface area contributed by atoms with Crippen LogP contribution < -0.4 is 0 Å². The predicted octanol–water partition coefficient (Wildman–Crippen LogP) is 0.456. The van der Waals surface area contributed by atoms with Crippen LogP contribution in [0.4, 0.5) is 0 Å². The number of carboxylic acids is 1. The van der Waals surface area contributed by atoms with Crippen LogP contribution in [0.25, 0.3) is 5.82 Å². The molecule has 0 aromatic carbocycles. The lowest BCUT2D eigenvalue weighted by atomic mass is 10.3. The Hall–Kier alpha value is -2.77. The zero-order chi connectivity index (χ0) is 14.0. The van der Waals surface area contributed by atoms with Crippen LogP contribution in [0, 0.1) is 6.92 Å². The number of aryl methyl sites for hydroxylation is 1. The highest BCUT2D eigenvalue weighted by Gasteiger charge is 2.15. The van der Waals surface area contributed by atoms with Gasteiger partial charge in [-0.25, -0.2) is 24.2 Å². The van der Waals surface area contributed by atoms with E-state index in [1.165, 1.54) is 30.3 Å². The number of carboxylic acid groups (broad SMARTS) is 1. The summed E-state index contributed by atoms with van der Waals surface area (Å²) in [4.78, 5) is 29.9. The largest absolute Gasteiger partial charge is 0.478 e. The van der Waals surface area contributed by atoms with E-state index in [-0.39, 0.29) is 17.2 Å². The van der Waals surface area contributed by atoms with Crippen molar-refractivity contribution in [1.29, 1.82) is 0 Å². The molecule has 2 aromatic rings. The van der Waals surface area contributed by atoms with Gasteiger partial charge in [-0.1, -0.05) is 0 Å². The molecule has 0 radical (unpaired) electrons. The van der Waals surface area contributed by atoms with Crippen LogP contribution in [0.5, 0.6) is 0 Å². The van der Waals surface area contributed by atoms with Crippen LogP contribution in [0.2, 0.25) is 0 Å². The zero-order valence-electron chi connectivity index (χ0n) is 10.2. The fourth-order valence-corrected chi connectivity index (χ4v) is 1.45. The third-order valence-corrected chi connectivity index (χ3v) is 2.37. The Morgan fingerprint density at radius 2 is 2.16 bits per heavy atom. The normalized spacial score (nSPS) is 10.2. The van der Waals surface area contributed by atoms with Crippen molar-refractivity contribution in [2.75, 3.05) is 7.11 Å². The summed E-state index contributed by atoms with van der Waals surface area (Å²) in [5.74, 6) is -1.59. The molecule has 1 N–H and O–H groups in total. The Labute approximate surface area is 107 Å². The smallest absolute Gasteiger partial charge is 0.376 e. The molecule has 8 heteroatoms. The molecule has 0 aliphatic carbocycles. The number of hydrogen-bond donors (Lipinski definition) is 1. The van der Waals surface area contributed by atoms with E-state index in [4.69, 9.17) is 5.11 Å². The first kappa shape index (κ1) is 12.7. The Balaban J connectivity index is 2.45. The maximum atomic E-state index is 11.3. The van der Waals surface area contributed by atoms with Gasteiger partial charge in [0.2, 0.25) is 5.82 Å². The molecule has 0 aliphatic heterocycles. The third-order valence-electron chi connectivity index (χ3n) is 2.37. The molecule has 0 amide bonds. The van der Waals surface area contributed by atoms with E-state index >= 15 is 0 Å². The molecule has 0 aliphatic rings. The lowest BCUT2D eigenvalue weighted by molar-refractivity contribution is 0.0585. The topological polar surface area (TPSA) is 107 Å². The van der Waals surface area contributed by atoms with E-state index in [0.29, 0.717) is 5.69 Å². The van der Waals surface area contributed by atoms with Gasteiger partial charge in [0.15, 0.2) is 5.82 Å². The minimum Gasteiger partial charge on any atom is -0.478 e. The van der Waals surface area contributed by atoms with Crippen molar-refractivity contribution in [2.45, 2.75) is 6.92 Å². The number of ether oxygens (including phenoxy) is 1. The van der Waals surface area contributed by atoms with Gasteiger partial charge < -0.3 is 9.84 Å². The van der Waals surface area contributed by atoms with Crippen molar-refractivity contribution < 1.29 is 19.4 Å². The molecule has 0 saturated carbocycles. The Morgan fingerprint density at radius 3 is 2.74 bits per heavy atom. The first-order valence-corrected chi connectivity index (χ1v) is 5.24. The van der Waals surface area contributed by atoms with Crippen LogP contribution in [-0.2, 0) is 4.74 Å². The van der Waals surface area contributed by atoms with Crippen molar-refractivity contribution in [3.8, 4) is 5.82 Å². The van der Waals surface area contributed by atoms with Gasteiger partial charge in [-0.05, 0) is 6.92 Å². The summed E-state index contributed by atoms with van der Waals surface area (Å²) in [7, 11) is 1.22. The molecule has 8 nitrogen and oxygen atoms in total. The first-order chi connectivity index (χ1) is 9.02. The van der Waals surface area contributed by atoms with Crippen LogP contribution in [0.3, 0.4) is 0 Å². The summed E-state index contributed by atoms with van der Waals surface area (Å²) >= 11 is 0. The molecule has 0 unspecified atom stereocenters. The van der Waals surface area contributed by atoms with E-state index in [9.17, 15) is 9.59 Å². The van der Waals surface area contributed by atoms with Crippen LogP contribution in [0.1, 0.15) is 26.7 Å². The van der Waals surface area contributed by atoms with Crippen molar-refractivity contribution in [1.82, 2.24) is 19.7 Å². The first-order valence-electron chi connectivity index (χ1n) is 5.24. The number of carbonyl (C=O) groups excluding carboxylic acids is 1. The van der Waals surface area contributed by atoms with Crippen LogP contribution >= 0.6 is 0 Å². The van der Waals surface area contributed by atoms with E-state index < -0.39 is 11.9 Å². The highest BCUT2D eigenvalue weighted by molar-refractivity contribution is 5.88. The van der Waals surface area contributed by atoms with Gasteiger partial charge in [-0.15, -0.1) is 0 Å². The van der Waals surface area contributed by atoms with Crippen LogP contribution in [0.15, 0.2) is 18.5 Å². The van der Waals surface area contributed by atoms with Crippen molar-refractivity contribution in [2.24, 2.45) is 0 Å². The lowest BCUT2D eigenvalue weighted by Crippen LogP contribution is -2.10. The minimum atomic E-state index is -1.08. The monoisotopic (exact) mass is 262 g/mol. The molecule has 2 aromatic heterocycles. The Bertz CT molecular complexity index is 650. The molecular weight excluding hydrogens is 252 g/mol. The molecule has 0 fully saturated rings. The Morgan fingerprint density at radius 1 is 1.42 bits per heavy atom. The van der Waals surface area contributed by atoms with E-state index in [1.807, 2.05) is 0 Å². The summed E-state index contributed by atoms with van der Waals surface area (Å²) in [5, 5.41) is 13.0. The van der Waals surface area contributed by atoms with Gasteiger partial charge in [-0.3, -0.25) is 0 Å². The molecule has 2 rings (SSSR count). The minimum absolute atomic E-state index is 0.0678. The van der Waals surface area contributed by atoms with Crippen molar-refractivity contribution >= 4 is 11.9 Å². The summed E-state index contributed by atoms with van der Waals surface area (Å²) < 4.78 is 5.78. The number of hydrogen-bond acceptors (Lipinski definition) is 6. The molecule has 0 spiro atoms. The maximum absolute atomic E-state index is 11.3. The number of esters is 1. The number of aromatic nitrogens is 4. The second-order valence-electron chi connectivity index (χ2n) is 3.61. The van der Waals surface area contributed by atoms with Gasteiger partial charge in [-0.2, -0.15) is 5.10 Å².